The summed E-state index contributed by atoms with van der Waals surface area (Å²) in [4.78, 5) is 10.3. The van der Waals surface area contributed by atoms with Gasteiger partial charge in [-0.2, -0.15) is 0 Å². The van der Waals surface area contributed by atoms with E-state index >= 15 is 0 Å². The van der Waals surface area contributed by atoms with Crippen molar-refractivity contribution in [2.75, 3.05) is 13.2 Å². The van der Waals surface area contributed by atoms with E-state index in [4.69, 9.17) is 10.2 Å². The lowest BCUT2D eigenvalue weighted by molar-refractivity contribution is -0.145. The second-order valence-corrected chi connectivity index (χ2v) is 1.76. The molecule has 2 N–H and O–H groups in total. The first-order valence-corrected chi connectivity index (χ1v) is 3.08. The van der Waals surface area contributed by atoms with Gasteiger partial charge in [0.2, 0.25) is 0 Å². The molecule has 4 heteroatoms. The van der Waals surface area contributed by atoms with Crippen LogP contribution in [0.2, 0.25) is 0 Å². The lowest BCUT2D eigenvalue weighted by atomic mass is 10.4. The molecule has 4 nitrogen and oxygen atoms in total. The molecule has 0 aliphatic carbocycles. The maximum Gasteiger partial charge on any atom is 0.303 e. The van der Waals surface area contributed by atoms with Gasteiger partial charge in [0.25, 0.3) is 0 Å². The molecule has 0 fully saturated rings. The number of rotatable bonds is 2. The minimum atomic E-state index is -0.820. The second-order valence-electron chi connectivity index (χ2n) is 1.76. The van der Waals surface area contributed by atoms with E-state index in [2.05, 4.69) is 16.6 Å². The molecule has 0 aromatic carbocycles. The number of carbonyl (C=O) groups excluding carboxylic acids is 1. The summed E-state index contributed by atoms with van der Waals surface area (Å²) in [5.41, 5.74) is 0. The third kappa shape index (κ3) is 5.40. The zero-order chi connectivity index (χ0) is 8.69. The molecule has 0 saturated carbocycles. The van der Waals surface area contributed by atoms with Crippen molar-refractivity contribution in [1.82, 2.24) is 0 Å². The Morgan fingerprint density at radius 1 is 1.64 bits per heavy atom. The SMILES string of the molecule is CC(=O)OC(C#CCO)CO. The highest BCUT2D eigenvalue weighted by atomic mass is 16.5. The van der Waals surface area contributed by atoms with Crippen LogP contribution in [0.3, 0.4) is 0 Å². The van der Waals surface area contributed by atoms with Gasteiger partial charge in [-0.05, 0) is 0 Å². The highest BCUT2D eigenvalue weighted by Crippen LogP contribution is 1.88. The summed E-state index contributed by atoms with van der Waals surface area (Å²) in [5.74, 6) is 4.13. The van der Waals surface area contributed by atoms with Crippen LogP contribution in [0.1, 0.15) is 6.92 Å². The number of hydrogen-bond donors (Lipinski definition) is 2. The minimum absolute atomic E-state index is 0.308. The van der Waals surface area contributed by atoms with Gasteiger partial charge in [-0.1, -0.05) is 11.8 Å². The molecule has 0 aliphatic rings. The number of hydrogen-bond acceptors (Lipinski definition) is 4. The predicted octanol–water partition coefficient (Wildman–Crippen LogP) is -1.09. The number of carbonyl (C=O) groups is 1. The van der Waals surface area contributed by atoms with Gasteiger partial charge < -0.3 is 14.9 Å². The Hall–Kier alpha value is -1.05. The Kier molecular flexibility index (Phi) is 5.17. The first-order valence-electron chi connectivity index (χ1n) is 3.08. The minimum Gasteiger partial charge on any atom is -0.447 e. The van der Waals surface area contributed by atoms with Crippen LogP contribution in [0.15, 0.2) is 0 Å². The van der Waals surface area contributed by atoms with Gasteiger partial charge in [0.1, 0.15) is 6.61 Å². The summed E-state index contributed by atoms with van der Waals surface area (Å²) in [6.07, 6.45) is -0.820. The Balaban J connectivity index is 3.85. The summed E-state index contributed by atoms with van der Waals surface area (Å²) in [6.45, 7) is 0.563. The number of aliphatic hydroxyl groups excluding tert-OH is 2. The van der Waals surface area contributed by atoms with E-state index in [0.29, 0.717) is 0 Å². The number of ether oxygens (including phenoxy) is 1. The van der Waals surface area contributed by atoms with Crippen LogP contribution < -0.4 is 0 Å². The van der Waals surface area contributed by atoms with Gasteiger partial charge in [-0.3, -0.25) is 4.79 Å². The Labute approximate surface area is 64.8 Å². The zero-order valence-corrected chi connectivity index (χ0v) is 6.20. The smallest absolute Gasteiger partial charge is 0.303 e. The van der Waals surface area contributed by atoms with Crippen LogP contribution in [0.25, 0.3) is 0 Å². The lowest BCUT2D eigenvalue weighted by Crippen LogP contribution is -2.18. The van der Waals surface area contributed by atoms with Crippen LogP contribution in [-0.4, -0.2) is 35.5 Å². The van der Waals surface area contributed by atoms with E-state index in [-0.39, 0.29) is 13.2 Å². The van der Waals surface area contributed by atoms with E-state index < -0.39 is 12.1 Å². The van der Waals surface area contributed by atoms with Gasteiger partial charge in [-0.25, -0.2) is 0 Å². The van der Waals surface area contributed by atoms with Crippen molar-refractivity contribution in [3.8, 4) is 11.8 Å². The van der Waals surface area contributed by atoms with Crippen molar-refractivity contribution in [1.29, 1.82) is 0 Å². The van der Waals surface area contributed by atoms with Crippen molar-refractivity contribution in [3.63, 3.8) is 0 Å². The van der Waals surface area contributed by atoms with Gasteiger partial charge in [0.05, 0.1) is 6.61 Å². The molecule has 0 heterocycles. The van der Waals surface area contributed by atoms with E-state index in [1.807, 2.05) is 0 Å². The average Bonchev–Trinajstić information content (AvgIpc) is 1.97. The van der Waals surface area contributed by atoms with Crippen LogP contribution in [0, 0.1) is 11.8 Å². The molecule has 0 spiro atoms. The second kappa shape index (κ2) is 5.71. The molecule has 0 amide bonds. The van der Waals surface area contributed by atoms with E-state index in [9.17, 15) is 4.79 Å². The lowest BCUT2D eigenvalue weighted by Gasteiger charge is -2.05. The number of esters is 1. The fourth-order valence-corrected chi connectivity index (χ4v) is 0.472. The maximum atomic E-state index is 10.3. The standard InChI is InChI=1S/C7H10O4/c1-6(10)11-7(5-9)3-2-4-8/h7-9H,4-5H2,1H3. The predicted molar refractivity (Wildman–Crippen MR) is 37.5 cm³/mol. The first kappa shape index (κ1) is 9.95. The maximum absolute atomic E-state index is 10.3. The average molecular weight is 158 g/mol. The quantitative estimate of drug-likeness (QED) is 0.395. The fourth-order valence-electron chi connectivity index (χ4n) is 0.472. The van der Waals surface area contributed by atoms with Crippen LogP contribution >= 0.6 is 0 Å². The van der Waals surface area contributed by atoms with Crippen molar-refractivity contribution >= 4 is 5.97 Å². The third-order valence-corrected chi connectivity index (χ3v) is 0.816. The Morgan fingerprint density at radius 2 is 2.27 bits per heavy atom. The molecule has 0 aromatic heterocycles. The summed E-state index contributed by atoms with van der Waals surface area (Å²) < 4.78 is 4.53. The highest BCUT2D eigenvalue weighted by Gasteiger charge is 2.04. The summed E-state index contributed by atoms with van der Waals surface area (Å²) >= 11 is 0. The van der Waals surface area contributed by atoms with Crippen LogP contribution in [-0.2, 0) is 9.53 Å². The first-order chi connectivity index (χ1) is 5.20. The summed E-state index contributed by atoms with van der Waals surface area (Å²) in [6, 6.07) is 0. The van der Waals surface area contributed by atoms with Crippen molar-refractivity contribution in [3.05, 3.63) is 0 Å². The zero-order valence-electron chi connectivity index (χ0n) is 6.20. The van der Waals surface area contributed by atoms with E-state index in [1.165, 1.54) is 6.92 Å². The van der Waals surface area contributed by atoms with Crippen molar-refractivity contribution in [2.24, 2.45) is 0 Å². The van der Waals surface area contributed by atoms with Gasteiger partial charge in [0, 0.05) is 6.92 Å². The van der Waals surface area contributed by atoms with Crippen molar-refractivity contribution < 1.29 is 19.7 Å². The Bertz CT molecular complexity index is 177. The van der Waals surface area contributed by atoms with Crippen LogP contribution in [0.5, 0.6) is 0 Å². The van der Waals surface area contributed by atoms with E-state index in [1.54, 1.807) is 0 Å². The van der Waals surface area contributed by atoms with E-state index in [0.717, 1.165) is 0 Å². The monoisotopic (exact) mass is 158 g/mol. The summed E-state index contributed by atoms with van der Waals surface area (Å²) in [5, 5.41) is 16.8. The number of aliphatic hydroxyl groups is 2. The third-order valence-electron chi connectivity index (χ3n) is 0.816. The molecule has 0 aromatic rings. The molecule has 1 unspecified atom stereocenters. The van der Waals surface area contributed by atoms with Gasteiger partial charge in [0.15, 0.2) is 6.10 Å². The molecule has 0 bridgehead atoms. The summed E-state index contributed by atoms with van der Waals surface area (Å²) in [7, 11) is 0. The highest BCUT2D eigenvalue weighted by molar-refractivity contribution is 5.66. The fraction of sp³-hybridized carbons (Fsp3) is 0.571. The topological polar surface area (TPSA) is 66.8 Å². The normalized spacial score (nSPS) is 11.2. The molecule has 11 heavy (non-hydrogen) atoms. The molecule has 0 radical (unpaired) electrons. The molecular weight excluding hydrogens is 148 g/mol. The largest absolute Gasteiger partial charge is 0.447 e. The van der Waals surface area contributed by atoms with Crippen LogP contribution in [0.4, 0.5) is 0 Å². The molecule has 0 rings (SSSR count). The molecule has 0 aliphatic heterocycles. The molecule has 0 saturated heterocycles. The Morgan fingerprint density at radius 3 is 2.64 bits per heavy atom. The van der Waals surface area contributed by atoms with Crippen molar-refractivity contribution in [2.45, 2.75) is 13.0 Å². The molecular formula is C7H10O4. The molecule has 62 valence electrons. The molecule has 1 atom stereocenters. The van der Waals surface area contributed by atoms with Gasteiger partial charge >= 0.3 is 5.97 Å². The van der Waals surface area contributed by atoms with Gasteiger partial charge in [-0.15, -0.1) is 0 Å².